The third-order valence-corrected chi connectivity index (χ3v) is 3.74. The molecule has 3 heteroatoms. The van der Waals surface area contributed by atoms with E-state index in [-0.39, 0.29) is 12.1 Å². The van der Waals surface area contributed by atoms with E-state index in [1.807, 2.05) is 18.2 Å². The van der Waals surface area contributed by atoms with Gasteiger partial charge >= 0.3 is 0 Å². The summed E-state index contributed by atoms with van der Waals surface area (Å²) in [5.41, 5.74) is 8.20. The van der Waals surface area contributed by atoms with Crippen molar-refractivity contribution in [1.29, 1.82) is 5.26 Å². The Hall–Kier alpha value is -1.37. The van der Waals surface area contributed by atoms with Crippen LogP contribution in [0.2, 0.25) is 0 Å². The summed E-state index contributed by atoms with van der Waals surface area (Å²) in [5, 5.41) is 9.01. The molecule has 0 aliphatic carbocycles. The first-order valence-corrected chi connectivity index (χ1v) is 6.65. The maximum atomic E-state index is 9.01. The Morgan fingerprint density at radius 3 is 2.89 bits per heavy atom. The van der Waals surface area contributed by atoms with Gasteiger partial charge in [-0.25, -0.2) is 0 Å². The molecule has 0 aromatic heterocycles. The highest BCUT2D eigenvalue weighted by Gasteiger charge is 2.31. The fraction of sp³-hybridized carbons (Fsp3) is 0.533. The zero-order valence-corrected chi connectivity index (χ0v) is 11.1. The number of hydrogen-bond donors (Lipinski definition) is 1. The number of hydrogen-bond acceptors (Lipinski definition) is 3. The summed E-state index contributed by atoms with van der Waals surface area (Å²) < 4.78 is 0. The summed E-state index contributed by atoms with van der Waals surface area (Å²) in [6, 6.07) is 11.0. The normalized spacial score (nSPS) is 25.1. The second-order valence-corrected chi connectivity index (χ2v) is 5.32. The number of nitrogens with zero attached hydrogens (tertiary/aromatic N) is 2. The van der Waals surface area contributed by atoms with Gasteiger partial charge in [-0.1, -0.05) is 12.1 Å². The minimum absolute atomic E-state index is 0.162. The van der Waals surface area contributed by atoms with E-state index in [1.165, 1.54) is 5.56 Å². The van der Waals surface area contributed by atoms with Crippen LogP contribution in [-0.4, -0.2) is 23.5 Å². The molecule has 1 aliphatic heterocycles. The van der Waals surface area contributed by atoms with Crippen molar-refractivity contribution >= 4 is 0 Å². The van der Waals surface area contributed by atoms with Crippen LogP contribution in [0.25, 0.3) is 0 Å². The molecule has 3 nitrogen and oxygen atoms in total. The van der Waals surface area contributed by atoms with E-state index in [0.717, 1.165) is 19.4 Å². The number of nitrogens with two attached hydrogens (primary N) is 1. The lowest BCUT2D eigenvalue weighted by atomic mass is 9.89. The van der Waals surface area contributed by atoms with Gasteiger partial charge in [0.1, 0.15) is 0 Å². The van der Waals surface area contributed by atoms with Crippen LogP contribution in [0, 0.1) is 11.3 Å². The first-order valence-electron chi connectivity index (χ1n) is 6.65. The fourth-order valence-corrected chi connectivity index (χ4v) is 2.86. The van der Waals surface area contributed by atoms with Gasteiger partial charge in [0, 0.05) is 12.1 Å². The average molecular weight is 243 g/mol. The monoisotopic (exact) mass is 243 g/mol. The summed E-state index contributed by atoms with van der Waals surface area (Å²) in [6.07, 6.45) is 2.22. The van der Waals surface area contributed by atoms with E-state index in [0.29, 0.717) is 11.6 Å². The highest BCUT2D eigenvalue weighted by molar-refractivity contribution is 5.35. The molecule has 18 heavy (non-hydrogen) atoms. The summed E-state index contributed by atoms with van der Waals surface area (Å²) in [6.45, 7) is 5.51. The maximum absolute atomic E-state index is 9.01. The second kappa shape index (κ2) is 5.51. The maximum Gasteiger partial charge on any atom is 0.0991 e. The third-order valence-electron chi connectivity index (χ3n) is 3.74. The van der Waals surface area contributed by atoms with E-state index in [2.05, 4.69) is 30.9 Å². The van der Waals surface area contributed by atoms with Gasteiger partial charge in [-0.2, -0.15) is 5.26 Å². The zero-order chi connectivity index (χ0) is 13.1. The highest BCUT2D eigenvalue weighted by Crippen LogP contribution is 2.32. The second-order valence-electron chi connectivity index (χ2n) is 5.32. The first-order chi connectivity index (χ1) is 8.63. The molecule has 0 radical (unpaired) electrons. The Bertz CT molecular complexity index is 447. The molecule has 96 valence electrons. The van der Waals surface area contributed by atoms with E-state index in [9.17, 15) is 0 Å². The Balaban J connectivity index is 2.34. The molecule has 0 amide bonds. The predicted octanol–water partition coefficient (Wildman–Crippen LogP) is 2.43. The fourth-order valence-electron chi connectivity index (χ4n) is 2.86. The molecule has 1 fully saturated rings. The van der Waals surface area contributed by atoms with Crippen molar-refractivity contribution in [3.05, 3.63) is 35.4 Å². The molecule has 1 saturated heterocycles. The number of nitriles is 1. The van der Waals surface area contributed by atoms with Crippen molar-refractivity contribution < 1.29 is 0 Å². The van der Waals surface area contributed by atoms with Gasteiger partial charge in [-0.15, -0.1) is 0 Å². The van der Waals surface area contributed by atoms with E-state index >= 15 is 0 Å². The molecule has 0 saturated carbocycles. The number of likely N-dealkylation sites (tertiary alicyclic amines) is 1. The van der Waals surface area contributed by atoms with Gasteiger partial charge in [0.15, 0.2) is 0 Å². The van der Waals surface area contributed by atoms with Crippen LogP contribution >= 0.6 is 0 Å². The average Bonchev–Trinajstić information content (AvgIpc) is 2.38. The third kappa shape index (κ3) is 2.55. The lowest BCUT2D eigenvalue weighted by Crippen LogP contribution is -2.48. The van der Waals surface area contributed by atoms with Crippen LogP contribution in [0.4, 0.5) is 0 Å². The van der Waals surface area contributed by atoms with Gasteiger partial charge in [-0.3, -0.25) is 4.90 Å². The molecule has 0 spiro atoms. The lowest BCUT2D eigenvalue weighted by molar-refractivity contribution is 0.0947. The van der Waals surface area contributed by atoms with Crippen molar-refractivity contribution in [1.82, 2.24) is 4.90 Å². The van der Waals surface area contributed by atoms with Gasteiger partial charge in [0.05, 0.1) is 17.7 Å². The van der Waals surface area contributed by atoms with Crippen LogP contribution in [0.15, 0.2) is 24.3 Å². The molecule has 1 heterocycles. The minimum atomic E-state index is 0.162. The summed E-state index contributed by atoms with van der Waals surface area (Å²) >= 11 is 0. The van der Waals surface area contributed by atoms with Gasteiger partial charge in [0.2, 0.25) is 0 Å². The molecule has 1 aliphatic rings. The summed E-state index contributed by atoms with van der Waals surface area (Å²) in [5.74, 6) is 0. The quantitative estimate of drug-likeness (QED) is 0.868. The standard InChI is InChI=1S/C15H21N3/c1-11(2)18-8-4-7-14(17)15(18)13-6-3-5-12(9-13)10-16/h3,5-6,9,11,14-15H,4,7-8,17H2,1-2H3. The van der Waals surface area contributed by atoms with Crippen LogP contribution < -0.4 is 5.73 Å². The van der Waals surface area contributed by atoms with E-state index < -0.39 is 0 Å². The van der Waals surface area contributed by atoms with Crippen molar-refractivity contribution in [3.63, 3.8) is 0 Å². The number of rotatable bonds is 2. The van der Waals surface area contributed by atoms with Crippen LogP contribution in [0.3, 0.4) is 0 Å². The van der Waals surface area contributed by atoms with Crippen molar-refractivity contribution in [2.24, 2.45) is 5.73 Å². The molecule has 2 N–H and O–H groups in total. The topological polar surface area (TPSA) is 53.0 Å². The zero-order valence-electron chi connectivity index (χ0n) is 11.1. The number of piperidine rings is 1. The molecular weight excluding hydrogens is 222 g/mol. The SMILES string of the molecule is CC(C)N1CCCC(N)C1c1cccc(C#N)c1. The molecule has 0 bridgehead atoms. The van der Waals surface area contributed by atoms with Crippen LogP contribution in [0.5, 0.6) is 0 Å². The predicted molar refractivity (Wildman–Crippen MR) is 72.9 cm³/mol. The van der Waals surface area contributed by atoms with Crippen molar-refractivity contribution in [3.8, 4) is 6.07 Å². The molecular formula is C15H21N3. The molecule has 2 atom stereocenters. The summed E-state index contributed by atoms with van der Waals surface area (Å²) in [7, 11) is 0. The first kappa shape index (κ1) is 13.1. The Kier molecular flexibility index (Phi) is 4.00. The van der Waals surface area contributed by atoms with E-state index in [1.54, 1.807) is 0 Å². The van der Waals surface area contributed by atoms with Crippen molar-refractivity contribution in [2.75, 3.05) is 6.54 Å². The Morgan fingerprint density at radius 1 is 1.44 bits per heavy atom. The smallest absolute Gasteiger partial charge is 0.0991 e. The molecule has 1 aromatic rings. The van der Waals surface area contributed by atoms with Gasteiger partial charge in [-0.05, 0) is 50.9 Å². The molecule has 1 aromatic carbocycles. The lowest BCUT2D eigenvalue weighted by Gasteiger charge is -2.42. The number of benzene rings is 1. The Morgan fingerprint density at radius 2 is 2.22 bits per heavy atom. The van der Waals surface area contributed by atoms with Crippen LogP contribution in [-0.2, 0) is 0 Å². The minimum Gasteiger partial charge on any atom is -0.326 e. The van der Waals surface area contributed by atoms with Gasteiger partial charge < -0.3 is 5.73 Å². The highest BCUT2D eigenvalue weighted by atomic mass is 15.2. The van der Waals surface area contributed by atoms with Crippen molar-refractivity contribution in [2.45, 2.75) is 44.8 Å². The Labute approximate surface area is 109 Å². The van der Waals surface area contributed by atoms with E-state index in [4.69, 9.17) is 11.0 Å². The molecule has 2 rings (SSSR count). The van der Waals surface area contributed by atoms with Gasteiger partial charge in [0.25, 0.3) is 0 Å². The van der Waals surface area contributed by atoms with Crippen LogP contribution in [0.1, 0.15) is 43.9 Å². The summed E-state index contributed by atoms with van der Waals surface area (Å²) in [4.78, 5) is 2.45. The largest absolute Gasteiger partial charge is 0.326 e. The molecule has 2 unspecified atom stereocenters.